The van der Waals surface area contributed by atoms with Crippen molar-refractivity contribution >= 4 is 10.9 Å². The molecule has 1 N–H and O–H groups in total. The molecule has 2 aliphatic rings. The van der Waals surface area contributed by atoms with Crippen LogP contribution in [0.15, 0.2) is 29.1 Å². The van der Waals surface area contributed by atoms with Crippen molar-refractivity contribution in [2.24, 2.45) is 0 Å². The molecule has 1 aliphatic carbocycles. The summed E-state index contributed by atoms with van der Waals surface area (Å²) >= 11 is 0. The van der Waals surface area contributed by atoms with Crippen molar-refractivity contribution in [3.05, 3.63) is 51.6 Å². The minimum Gasteiger partial charge on any atom is -0.376 e. The van der Waals surface area contributed by atoms with Crippen LogP contribution >= 0.6 is 0 Å². The van der Waals surface area contributed by atoms with Crippen LogP contribution in [0.4, 0.5) is 0 Å². The predicted octanol–water partition coefficient (Wildman–Crippen LogP) is 4.29. The third-order valence-electron chi connectivity index (χ3n) is 7.53. The second kappa shape index (κ2) is 10.4. The van der Waals surface area contributed by atoms with E-state index in [0.29, 0.717) is 19.1 Å². The van der Waals surface area contributed by atoms with Crippen molar-refractivity contribution < 1.29 is 4.74 Å². The van der Waals surface area contributed by atoms with Crippen molar-refractivity contribution in [1.29, 1.82) is 0 Å². The number of ether oxygens (including phenoxy) is 1. The molecule has 2 aromatic heterocycles. The topological polar surface area (TPSA) is 88.9 Å². The van der Waals surface area contributed by atoms with Crippen LogP contribution in [0.25, 0.3) is 10.9 Å². The Bertz CT molecular complexity index is 1160. The van der Waals surface area contributed by atoms with Gasteiger partial charge in [-0.05, 0) is 66.5 Å². The number of rotatable bonds is 9. The van der Waals surface area contributed by atoms with Crippen LogP contribution in [0.3, 0.4) is 0 Å². The lowest BCUT2D eigenvalue weighted by Crippen LogP contribution is -2.39. The summed E-state index contributed by atoms with van der Waals surface area (Å²) in [5.41, 5.74) is 2.82. The summed E-state index contributed by atoms with van der Waals surface area (Å²) in [6, 6.07) is 8.73. The van der Waals surface area contributed by atoms with E-state index >= 15 is 0 Å². The zero-order valence-corrected chi connectivity index (χ0v) is 20.4. The molecule has 0 unspecified atom stereocenters. The molecule has 8 nitrogen and oxygen atoms in total. The quantitative estimate of drug-likeness (QED) is 0.508. The first-order chi connectivity index (χ1) is 16.6. The molecule has 3 aromatic rings. The van der Waals surface area contributed by atoms with Gasteiger partial charge in [0, 0.05) is 24.8 Å². The fourth-order valence-electron chi connectivity index (χ4n) is 5.75. The van der Waals surface area contributed by atoms with Gasteiger partial charge in [0.05, 0.1) is 24.2 Å². The molecule has 1 saturated heterocycles. The number of benzene rings is 1. The highest BCUT2D eigenvalue weighted by molar-refractivity contribution is 5.81. The molecule has 0 bridgehead atoms. The summed E-state index contributed by atoms with van der Waals surface area (Å²) in [5.74, 6) is 0.900. The van der Waals surface area contributed by atoms with Crippen molar-refractivity contribution in [1.82, 2.24) is 30.1 Å². The summed E-state index contributed by atoms with van der Waals surface area (Å²) in [6.45, 7) is 6.35. The van der Waals surface area contributed by atoms with E-state index in [-0.39, 0.29) is 17.7 Å². The Morgan fingerprint density at radius 3 is 2.85 bits per heavy atom. The lowest BCUT2D eigenvalue weighted by Gasteiger charge is -2.36. The highest BCUT2D eigenvalue weighted by Crippen LogP contribution is 2.34. The summed E-state index contributed by atoms with van der Waals surface area (Å²) in [7, 11) is 0. The van der Waals surface area contributed by atoms with E-state index in [1.165, 1.54) is 12.8 Å². The molecule has 0 amide bonds. The molecule has 2 atom stereocenters. The number of aromatic amines is 1. The monoisotopic (exact) mass is 464 g/mol. The number of H-pyrrole nitrogens is 1. The molecule has 34 heavy (non-hydrogen) atoms. The minimum absolute atomic E-state index is 0.000933. The molecule has 1 aromatic carbocycles. The Morgan fingerprint density at radius 1 is 1.24 bits per heavy atom. The summed E-state index contributed by atoms with van der Waals surface area (Å²) < 4.78 is 7.82. The molecule has 1 saturated carbocycles. The third-order valence-corrected chi connectivity index (χ3v) is 7.53. The smallest absolute Gasteiger partial charge is 0.252 e. The average molecular weight is 465 g/mol. The molecule has 5 rings (SSSR count). The summed E-state index contributed by atoms with van der Waals surface area (Å²) in [6.07, 6.45) is 9.06. The number of aryl methyl sites for hydroxylation is 1. The standard InChI is InChI=1S/C26H36N6O2/c1-3-8-23(25-28-29-30-32(25)17-22-13-7-14-34-22)31(21-11-4-5-12-21)16-20-15-19-10-6-9-18(2)24(19)27-26(20)33/h6,9-10,15,21-23H,3-5,7-8,11-14,16-17H2,1-2H3,(H,27,33)/t22-,23-/m1/s1. The molecule has 2 fully saturated rings. The van der Waals surface area contributed by atoms with Crippen LogP contribution in [-0.4, -0.2) is 48.8 Å². The van der Waals surface area contributed by atoms with Crippen LogP contribution in [0.5, 0.6) is 0 Å². The summed E-state index contributed by atoms with van der Waals surface area (Å²) in [4.78, 5) is 18.8. The first kappa shape index (κ1) is 23.2. The van der Waals surface area contributed by atoms with Crippen LogP contribution < -0.4 is 5.56 Å². The highest BCUT2D eigenvalue weighted by Gasteiger charge is 2.33. The summed E-state index contributed by atoms with van der Waals surface area (Å²) in [5, 5.41) is 14.0. The van der Waals surface area contributed by atoms with Crippen LogP contribution in [0.1, 0.15) is 81.3 Å². The van der Waals surface area contributed by atoms with Gasteiger partial charge in [-0.25, -0.2) is 4.68 Å². The molecule has 0 spiro atoms. The molecule has 182 valence electrons. The molecule has 1 aliphatic heterocycles. The second-order valence-corrected chi connectivity index (χ2v) is 9.93. The first-order valence-corrected chi connectivity index (χ1v) is 12.9. The maximum atomic E-state index is 13.2. The predicted molar refractivity (Wildman–Crippen MR) is 132 cm³/mol. The number of nitrogens with one attached hydrogen (secondary N) is 1. The SMILES string of the molecule is CCC[C@H](c1nnnn1C[C@H]1CCCO1)N(Cc1cc2cccc(C)c2[nH]c1=O)C1CCCC1. The van der Waals surface area contributed by atoms with Crippen molar-refractivity contribution in [2.45, 2.75) is 96.5 Å². The number of para-hydroxylation sites is 1. The normalized spacial score (nSPS) is 20.0. The van der Waals surface area contributed by atoms with Gasteiger partial charge >= 0.3 is 0 Å². The Hall–Kier alpha value is -2.58. The van der Waals surface area contributed by atoms with E-state index in [1.54, 1.807) is 0 Å². The van der Waals surface area contributed by atoms with Crippen LogP contribution in [-0.2, 0) is 17.8 Å². The zero-order valence-electron chi connectivity index (χ0n) is 20.4. The van der Waals surface area contributed by atoms with Crippen molar-refractivity contribution in [2.75, 3.05) is 6.61 Å². The number of hydrogen-bond donors (Lipinski definition) is 1. The number of tetrazole rings is 1. The zero-order chi connectivity index (χ0) is 23.5. The molecule has 8 heteroatoms. The lowest BCUT2D eigenvalue weighted by atomic mass is 10.0. The molecule has 0 radical (unpaired) electrons. The van der Waals surface area contributed by atoms with E-state index in [0.717, 1.165) is 73.0 Å². The van der Waals surface area contributed by atoms with Crippen LogP contribution in [0.2, 0.25) is 0 Å². The Labute approximate surface area is 200 Å². The number of hydrogen-bond acceptors (Lipinski definition) is 6. The average Bonchev–Trinajstić information content (AvgIpc) is 3.61. The van der Waals surface area contributed by atoms with Gasteiger partial charge in [0.15, 0.2) is 5.82 Å². The van der Waals surface area contributed by atoms with E-state index < -0.39 is 0 Å². The van der Waals surface area contributed by atoms with E-state index in [9.17, 15) is 4.79 Å². The van der Waals surface area contributed by atoms with Gasteiger partial charge < -0.3 is 9.72 Å². The number of fused-ring (bicyclic) bond motifs is 1. The minimum atomic E-state index is -0.000933. The van der Waals surface area contributed by atoms with Crippen molar-refractivity contribution in [3.8, 4) is 0 Å². The maximum Gasteiger partial charge on any atom is 0.252 e. The van der Waals surface area contributed by atoms with Gasteiger partial charge in [0.2, 0.25) is 0 Å². The fourth-order valence-corrected chi connectivity index (χ4v) is 5.75. The van der Waals surface area contributed by atoms with Gasteiger partial charge in [0.1, 0.15) is 0 Å². The molecular formula is C26H36N6O2. The molecular weight excluding hydrogens is 428 g/mol. The number of nitrogens with zero attached hydrogens (tertiary/aromatic N) is 5. The largest absolute Gasteiger partial charge is 0.376 e. The van der Waals surface area contributed by atoms with Crippen molar-refractivity contribution in [3.63, 3.8) is 0 Å². The number of pyridine rings is 1. The maximum absolute atomic E-state index is 13.2. The Balaban J connectivity index is 1.50. The molecule has 3 heterocycles. The van der Waals surface area contributed by atoms with Gasteiger partial charge in [-0.15, -0.1) is 5.10 Å². The van der Waals surface area contributed by atoms with E-state index in [4.69, 9.17) is 4.74 Å². The first-order valence-electron chi connectivity index (χ1n) is 12.9. The fraction of sp³-hybridized carbons (Fsp3) is 0.615. The Morgan fingerprint density at radius 2 is 2.09 bits per heavy atom. The lowest BCUT2D eigenvalue weighted by molar-refractivity contribution is 0.0828. The van der Waals surface area contributed by atoms with Gasteiger partial charge in [-0.1, -0.05) is 44.4 Å². The van der Waals surface area contributed by atoms with Crippen LogP contribution in [0, 0.1) is 6.92 Å². The van der Waals surface area contributed by atoms with Gasteiger partial charge in [-0.2, -0.15) is 0 Å². The second-order valence-electron chi connectivity index (χ2n) is 9.93. The Kier molecular flexibility index (Phi) is 7.06. The van der Waals surface area contributed by atoms with E-state index in [2.05, 4.69) is 44.5 Å². The highest BCUT2D eigenvalue weighted by atomic mass is 16.5. The number of aromatic nitrogens is 5. The van der Waals surface area contributed by atoms with Gasteiger partial charge in [0.25, 0.3) is 5.56 Å². The van der Waals surface area contributed by atoms with Gasteiger partial charge in [-0.3, -0.25) is 9.69 Å². The van der Waals surface area contributed by atoms with E-state index in [1.807, 2.05) is 23.7 Å². The third kappa shape index (κ3) is 4.79.